The lowest BCUT2D eigenvalue weighted by Gasteiger charge is -2.05. The topological polar surface area (TPSA) is 56.0 Å². The van der Waals surface area contributed by atoms with Crippen LogP contribution < -0.4 is 0 Å². The molecule has 0 unspecified atom stereocenters. The Morgan fingerprint density at radius 3 is 2.71 bits per heavy atom. The van der Waals surface area contributed by atoms with Gasteiger partial charge in [0.25, 0.3) is 0 Å². The third kappa shape index (κ3) is 2.73. The summed E-state index contributed by atoms with van der Waals surface area (Å²) in [6, 6.07) is 10.2. The number of imidazole rings is 1. The Bertz CT molecular complexity index is 1050. The number of nitrogens with zero attached hydrogens (tertiary/aromatic N) is 5. The minimum absolute atomic E-state index is 0.752. The Labute approximate surface area is 144 Å². The lowest BCUT2D eigenvalue weighted by atomic mass is 10.2. The highest BCUT2D eigenvalue weighted by Crippen LogP contribution is 2.27. The third-order valence-corrected chi connectivity index (χ3v) is 4.87. The highest BCUT2D eigenvalue weighted by Gasteiger charge is 2.10. The molecule has 0 aliphatic heterocycles. The van der Waals surface area contributed by atoms with Crippen molar-refractivity contribution in [3.05, 3.63) is 59.4 Å². The van der Waals surface area contributed by atoms with E-state index in [2.05, 4.69) is 45.2 Å². The van der Waals surface area contributed by atoms with Crippen LogP contribution in [0.15, 0.2) is 41.6 Å². The average molecular weight is 335 g/mol. The first kappa shape index (κ1) is 15.1. The first-order chi connectivity index (χ1) is 11.6. The summed E-state index contributed by atoms with van der Waals surface area (Å²) in [4.78, 5) is 18.2. The highest BCUT2D eigenvalue weighted by molar-refractivity contribution is 7.98. The van der Waals surface area contributed by atoms with Crippen LogP contribution in [0.2, 0.25) is 0 Å². The molecule has 4 aromatic rings. The average Bonchev–Trinajstić information content (AvgIpc) is 2.95. The van der Waals surface area contributed by atoms with Crippen molar-refractivity contribution in [1.29, 1.82) is 0 Å². The molecule has 0 fully saturated rings. The normalized spacial score (nSPS) is 11.5. The molecular weight excluding hydrogens is 318 g/mol. The van der Waals surface area contributed by atoms with Gasteiger partial charge in [0.2, 0.25) is 5.78 Å². The van der Waals surface area contributed by atoms with Gasteiger partial charge < -0.3 is 0 Å². The summed E-state index contributed by atoms with van der Waals surface area (Å²) < 4.78 is 2.03. The van der Waals surface area contributed by atoms with Crippen molar-refractivity contribution in [2.24, 2.45) is 0 Å². The van der Waals surface area contributed by atoms with Gasteiger partial charge in [-0.2, -0.15) is 0 Å². The summed E-state index contributed by atoms with van der Waals surface area (Å²) in [5.41, 5.74) is 4.11. The molecular formula is C18H17N5S. The SMILES string of the molecule is Cc1cc(C)n2cc(CSc3nc(C)nc4ccccc34)nc2n1. The van der Waals surface area contributed by atoms with Gasteiger partial charge in [0, 0.05) is 28.7 Å². The van der Waals surface area contributed by atoms with Gasteiger partial charge in [-0.3, -0.25) is 4.40 Å². The Balaban J connectivity index is 1.67. The molecule has 4 rings (SSSR count). The van der Waals surface area contributed by atoms with Gasteiger partial charge in [-0.25, -0.2) is 19.9 Å². The third-order valence-electron chi connectivity index (χ3n) is 3.85. The lowest BCUT2D eigenvalue weighted by molar-refractivity contribution is 1.01. The fourth-order valence-electron chi connectivity index (χ4n) is 2.80. The van der Waals surface area contributed by atoms with Gasteiger partial charge in [-0.1, -0.05) is 30.0 Å². The standard InChI is InChI=1S/C18H17N5S/c1-11-8-12(2)23-9-14(22-18(23)19-11)10-24-17-15-6-4-5-7-16(15)20-13(3)21-17/h4-9H,10H2,1-3H3. The summed E-state index contributed by atoms with van der Waals surface area (Å²) >= 11 is 1.69. The van der Waals surface area contributed by atoms with Crippen molar-refractivity contribution in [1.82, 2.24) is 24.3 Å². The summed E-state index contributed by atoms with van der Waals surface area (Å²) in [5.74, 6) is 2.30. The van der Waals surface area contributed by atoms with E-state index in [9.17, 15) is 0 Å². The number of rotatable bonds is 3. The number of thioether (sulfide) groups is 1. The molecule has 1 aromatic carbocycles. The van der Waals surface area contributed by atoms with Crippen LogP contribution in [0.3, 0.4) is 0 Å². The van der Waals surface area contributed by atoms with E-state index < -0.39 is 0 Å². The van der Waals surface area contributed by atoms with Gasteiger partial charge in [0.05, 0.1) is 11.2 Å². The maximum absolute atomic E-state index is 4.64. The predicted octanol–water partition coefficient (Wildman–Crippen LogP) is 3.89. The van der Waals surface area contributed by atoms with E-state index in [1.54, 1.807) is 11.8 Å². The van der Waals surface area contributed by atoms with Crippen molar-refractivity contribution in [3.8, 4) is 0 Å². The summed E-state index contributed by atoms with van der Waals surface area (Å²) in [6.07, 6.45) is 2.06. The smallest absolute Gasteiger partial charge is 0.234 e. The molecule has 0 aliphatic rings. The van der Waals surface area contributed by atoms with Crippen molar-refractivity contribution in [2.45, 2.75) is 31.6 Å². The van der Waals surface area contributed by atoms with Gasteiger partial charge in [0.15, 0.2) is 0 Å². The molecule has 3 aromatic heterocycles. The highest BCUT2D eigenvalue weighted by atomic mass is 32.2. The monoisotopic (exact) mass is 335 g/mol. The molecule has 0 spiro atoms. The van der Waals surface area contributed by atoms with Crippen molar-refractivity contribution in [2.75, 3.05) is 0 Å². The summed E-state index contributed by atoms with van der Waals surface area (Å²) in [6.45, 7) is 5.99. The zero-order chi connectivity index (χ0) is 16.7. The lowest BCUT2D eigenvalue weighted by Crippen LogP contribution is -1.94. The zero-order valence-corrected chi connectivity index (χ0v) is 14.6. The minimum Gasteiger partial charge on any atom is -0.288 e. The fraction of sp³-hybridized carbons (Fsp3) is 0.222. The first-order valence-corrected chi connectivity index (χ1v) is 8.77. The van der Waals surface area contributed by atoms with Crippen molar-refractivity contribution in [3.63, 3.8) is 0 Å². The molecule has 0 saturated carbocycles. The van der Waals surface area contributed by atoms with Crippen LogP contribution in [0.1, 0.15) is 22.9 Å². The van der Waals surface area contributed by atoms with Crippen LogP contribution in [-0.4, -0.2) is 24.3 Å². The van der Waals surface area contributed by atoms with E-state index in [1.165, 1.54) is 0 Å². The number of aryl methyl sites for hydroxylation is 3. The number of para-hydroxylation sites is 1. The molecule has 0 aliphatic carbocycles. The van der Waals surface area contributed by atoms with Crippen LogP contribution in [-0.2, 0) is 5.75 Å². The quantitative estimate of drug-likeness (QED) is 0.420. The summed E-state index contributed by atoms with van der Waals surface area (Å²) in [5, 5.41) is 2.08. The molecule has 0 radical (unpaired) electrons. The van der Waals surface area contributed by atoms with E-state index >= 15 is 0 Å². The Morgan fingerprint density at radius 1 is 1.00 bits per heavy atom. The van der Waals surface area contributed by atoms with E-state index in [0.717, 1.165) is 50.4 Å². The minimum atomic E-state index is 0.752. The van der Waals surface area contributed by atoms with E-state index in [4.69, 9.17) is 0 Å². The van der Waals surface area contributed by atoms with Crippen LogP contribution >= 0.6 is 11.8 Å². The van der Waals surface area contributed by atoms with Crippen LogP contribution in [0.4, 0.5) is 0 Å². The number of hydrogen-bond donors (Lipinski definition) is 0. The largest absolute Gasteiger partial charge is 0.288 e. The van der Waals surface area contributed by atoms with E-state index in [0.29, 0.717) is 0 Å². The van der Waals surface area contributed by atoms with Gasteiger partial charge in [-0.15, -0.1) is 0 Å². The maximum atomic E-state index is 4.64. The molecule has 6 heteroatoms. The van der Waals surface area contributed by atoms with Crippen LogP contribution in [0, 0.1) is 20.8 Å². The molecule has 0 N–H and O–H groups in total. The molecule has 24 heavy (non-hydrogen) atoms. The predicted molar refractivity (Wildman–Crippen MR) is 96.3 cm³/mol. The van der Waals surface area contributed by atoms with Crippen LogP contribution in [0.25, 0.3) is 16.7 Å². The molecule has 0 saturated heterocycles. The van der Waals surface area contributed by atoms with Gasteiger partial charge in [0.1, 0.15) is 10.9 Å². The summed E-state index contributed by atoms with van der Waals surface area (Å²) in [7, 11) is 0. The molecule has 3 heterocycles. The Morgan fingerprint density at radius 2 is 1.83 bits per heavy atom. The number of aromatic nitrogens is 5. The van der Waals surface area contributed by atoms with E-state index in [-0.39, 0.29) is 0 Å². The second-order valence-corrected chi connectivity index (χ2v) is 6.79. The molecule has 0 atom stereocenters. The van der Waals surface area contributed by atoms with Crippen molar-refractivity contribution >= 4 is 28.4 Å². The van der Waals surface area contributed by atoms with Gasteiger partial charge >= 0.3 is 0 Å². The number of hydrogen-bond acceptors (Lipinski definition) is 5. The maximum Gasteiger partial charge on any atom is 0.234 e. The second kappa shape index (κ2) is 5.87. The molecule has 120 valence electrons. The Kier molecular flexibility index (Phi) is 3.69. The molecule has 0 bridgehead atoms. The number of benzene rings is 1. The van der Waals surface area contributed by atoms with E-state index in [1.807, 2.05) is 36.4 Å². The van der Waals surface area contributed by atoms with Crippen molar-refractivity contribution < 1.29 is 0 Å². The van der Waals surface area contributed by atoms with Gasteiger partial charge in [-0.05, 0) is 32.9 Å². The zero-order valence-electron chi connectivity index (χ0n) is 13.8. The number of fused-ring (bicyclic) bond motifs is 2. The molecule has 5 nitrogen and oxygen atoms in total. The second-order valence-electron chi connectivity index (χ2n) is 5.82. The fourth-order valence-corrected chi connectivity index (χ4v) is 3.75. The first-order valence-electron chi connectivity index (χ1n) is 7.78. The Hall–Kier alpha value is -2.47. The molecule has 0 amide bonds. The van der Waals surface area contributed by atoms with Crippen LogP contribution in [0.5, 0.6) is 0 Å².